The number of nitrogens with zero attached hydrogens (tertiary/aromatic N) is 3. The molecule has 0 aliphatic heterocycles. The van der Waals surface area contributed by atoms with Crippen molar-refractivity contribution in [2.75, 3.05) is 7.11 Å². The molecule has 1 aromatic heterocycles. The van der Waals surface area contributed by atoms with Gasteiger partial charge in [0, 0.05) is 6.21 Å². The number of aliphatic imine (C=N–C) groups is 1. The number of methoxy groups -OCH3 is 1. The predicted molar refractivity (Wildman–Crippen MR) is 61.6 cm³/mol. The lowest BCUT2D eigenvalue weighted by Gasteiger charge is -1.98. The molecule has 0 amide bonds. The number of hydrogen-bond donors (Lipinski definition) is 1. The molecule has 0 atom stereocenters. The van der Waals surface area contributed by atoms with Gasteiger partial charge in [-0.25, -0.2) is 4.99 Å². The summed E-state index contributed by atoms with van der Waals surface area (Å²) >= 11 is 0. The van der Waals surface area contributed by atoms with Gasteiger partial charge in [-0.3, -0.25) is 5.10 Å². The number of halogens is 3. The Morgan fingerprint density at radius 3 is 2.47 bits per heavy atom. The number of hydrogen-bond acceptors (Lipinski definition) is 4. The van der Waals surface area contributed by atoms with Crippen molar-refractivity contribution in [3.63, 3.8) is 0 Å². The van der Waals surface area contributed by atoms with Crippen LogP contribution in [-0.2, 0) is 6.18 Å². The Hall–Kier alpha value is -2.38. The van der Waals surface area contributed by atoms with Crippen LogP contribution in [-0.4, -0.2) is 28.5 Å². The molecule has 2 rings (SSSR count). The van der Waals surface area contributed by atoms with Gasteiger partial charge in [-0.05, 0) is 29.8 Å². The Bertz CT molecular complexity index is 574. The molecule has 1 heterocycles. The van der Waals surface area contributed by atoms with E-state index in [0.717, 1.165) is 0 Å². The molecule has 19 heavy (non-hydrogen) atoms. The molecule has 0 aliphatic carbocycles. The third-order valence-electron chi connectivity index (χ3n) is 2.19. The van der Waals surface area contributed by atoms with Crippen LogP contribution in [0.3, 0.4) is 0 Å². The summed E-state index contributed by atoms with van der Waals surface area (Å²) in [7, 11) is 1.54. The van der Waals surface area contributed by atoms with Crippen LogP contribution in [0, 0.1) is 0 Å². The van der Waals surface area contributed by atoms with Crippen molar-refractivity contribution in [2.24, 2.45) is 4.99 Å². The van der Waals surface area contributed by atoms with E-state index >= 15 is 0 Å². The minimum atomic E-state index is -4.55. The molecule has 0 fully saturated rings. The lowest BCUT2D eigenvalue weighted by Crippen LogP contribution is -2.07. The maximum atomic E-state index is 12.2. The molecule has 0 saturated carbocycles. The highest BCUT2D eigenvalue weighted by Gasteiger charge is 2.35. The second kappa shape index (κ2) is 5.09. The molecule has 0 aliphatic rings. The molecular weight excluding hydrogens is 261 g/mol. The van der Waals surface area contributed by atoms with Gasteiger partial charge in [0.1, 0.15) is 5.75 Å². The summed E-state index contributed by atoms with van der Waals surface area (Å²) in [4.78, 5) is 6.96. The monoisotopic (exact) mass is 270 g/mol. The molecular formula is C11H9F3N4O. The van der Waals surface area contributed by atoms with Crippen LogP contribution in [0.4, 0.5) is 19.1 Å². The normalized spacial score (nSPS) is 12.0. The average molecular weight is 270 g/mol. The van der Waals surface area contributed by atoms with Gasteiger partial charge in [-0.2, -0.15) is 18.2 Å². The number of alkyl halides is 3. The van der Waals surface area contributed by atoms with Crippen molar-refractivity contribution in [3.05, 3.63) is 35.7 Å². The van der Waals surface area contributed by atoms with Crippen molar-refractivity contribution < 1.29 is 17.9 Å². The van der Waals surface area contributed by atoms with E-state index in [1.165, 1.54) is 13.3 Å². The first-order valence-corrected chi connectivity index (χ1v) is 5.17. The summed E-state index contributed by atoms with van der Waals surface area (Å²) in [5, 5.41) is 5.13. The van der Waals surface area contributed by atoms with E-state index in [9.17, 15) is 13.2 Å². The van der Waals surface area contributed by atoms with Crippen molar-refractivity contribution in [1.29, 1.82) is 0 Å². The zero-order valence-electron chi connectivity index (χ0n) is 9.77. The van der Waals surface area contributed by atoms with Gasteiger partial charge in [0.05, 0.1) is 7.11 Å². The van der Waals surface area contributed by atoms with Crippen LogP contribution in [0.25, 0.3) is 0 Å². The zero-order chi connectivity index (χ0) is 13.9. The Morgan fingerprint density at radius 2 is 1.95 bits per heavy atom. The number of aromatic nitrogens is 3. The Balaban J connectivity index is 2.11. The zero-order valence-corrected chi connectivity index (χ0v) is 9.77. The number of benzene rings is 1. The van der Waals surface area contributed by atoms with Gasteiger partial charge in [0.15, 0.2) is 0 Å². The van der Waals surface area contributed by atoms with Crippen LogP contribution >= 0.6 is 0 Å². The van der Waals surface area contributed by atoms with E-state index in [-0.39, 0.29) is 5.95 Å². The van der Waals surface area contributed by atoms with Gasteiger partial charge >= 0.3 is 6.18 Å². The number of aromatic amines is 1. The van der Waals surface area contributed by atoms with E-state index in [2.05, 4.69) is 15.1 Å². The van der Waals surface area contributed by atoms with Crippen LogP contribution in [0.2, 0.25) is 0 Å². The summed E-state index contributed by atoms with van der Waals surface area (Å²) in [6.45, 7) is 0. The minimum Gasteiger partial charge on any atom is -0.497 e. The molecule has 5 nitrogen and oxygen atoms in total. The summed E-state index contributed by atoms with van der Waals surface area (Å²) in [6, 6.07) is 6.83. The molecule has 0 saturated heterocycles. The van der Waals surface area contributed by atoms with E-state index < -0.39 is 12.0 Å². The topological polar surface area (TPSA) is 63.2 Å². The number of rotatable bonds is 3. The molecule has 100 valence electrons. The van der Waals surface area contributed by atoms with E-state index in [0.29, 0.717) is 11.3 Å². The summed E-state index contributed by atoms with van der Waals surface area (Å²) < 4.78 is 41.7. The van der Waals surface area contributed by atoms with Gasteiger partial charge in [0.2, 0.25) is 5.82 Å². The Morgan fingerprint density at radius 1 is 1.26 bits per heavy atom. The van der Waals surface area contributed by atoms with Gasteiger partial charge < -0.3 is 4.74 Å². The summed E-state index contributed by atoms with van der Waals surface area (Å²) in [6.07, 6.45) is -3.19. The molecule has 1 N–H and O–H groups in total. The van der Waals surface area contributed by atoms with E-state index in [1.807, 2.05) is 0 Å². The number of nitrogens with one attached hydrogen (secondary N) is 1. The predicted octanol–water partition coefficient (Wildman–Crippen LogP) is 2.58. The van der Waals surface area contributed by atoms with Gasteiger partial charge in [0.25, 0.3) is 5.95 Å². The third-order valence-corrected chi connectivity index (χ3v) is 2.19. The summed E-state index contributed by atoms with van der Waals surface area (Å²) in [5.41, 5.74) is 0.694. The van der Waals surface area contributed by atoms with Gasteiger partial charge in [-0.1, -0.05) is 0 Å². The second-order valence-corrected chi connectivity index (χ2v) is 3.51. The number of ether oxygens (including phenoxy) is 1. The maximum Gasteiger partial charge on any atom is 0.451 e. The fraction of sp³-hybridized carbons (Fsp3) is 0.182. The quantitative estimate of drug-likeness (QED) is 0.872. The molecule has 0 radical (unpaired) electrons. The van der Waals surface area contributed by atoms with E-state index in [4.69, 9.17) is 4.74 Å². The molecule has 0 bridgehead atoms. The SMILES string of the molecule is COc1ccc(C=Nc2n[nH]c(C(F)(F)F)n2)cc1. The Kier molecular flexibility index (Phi) is 3.50. The smallest absolute Gasteiger partial charge is 0.451 e. The largest absolute Gasteiger partial charge is 0.497 e. The molecule has 0 unspecified atom stereocenters. The van der Waals surface area contributed by atoms with Crippen molar-refractivity contribution >= 4 is 12.2 Å². The minimum absolute atomic E-state index is 0.275. The van der Waals surface area contributed by atoms with Crippen LogP contribution in [0.1, 0.15) is 11.4 Å². The molecule has 0 spiro atoms. The highest BCUT2D eigenvalue weighted by Crippen LogP contribution is 2.26. The lowest BCUT2D eigenvalue weighted by molar-refractivity contribution is -0.144. The van der Waals surface area contributed by atoms with Crippen LogP contribution < -0.4 is 4.74 Å². The second-order valence-electron chi connectivity index (χ2n) is 3.51. The number of H-pyrrole nitrogens is 1. The summed E-state index contributed by atoms with van der Waals surface area (Å²) in [5.74, 6) is -0.771. The third kappa shape index (κ3) is 3.30. The first-order chi connectivity index (χ1) is 8.99. The van der Waals surface area contributed by atoms with Crippen LogP contribution in [0.5, 0.6) is 5.75 Å². The molecule has 8 heteroatoms. The van der Waals surface area contributed by atoms with E-state index in [1.54, 1.807) is 29.4 Å². The van der Waals surface area contributed by atoms with Crippen LogP contribution in [0.15, 0.2) is 29.3 Å². The first-order valence-electron chi connectivity index (χ1n) is 5.17. The standard InChI is InChI=1S/C11H9F3N4O/c1-19-8-4-2-7(3-5-8)6-15-10-16-9(17-18-10)11(12,13)14/h2-6H,1H3,(H,16,17,18). The first kappa shape index (κ1) is 13.1. The highest BCUT2D eigenvalue weighted by molar-refractivity contribution is 5.81. The lowest BCUT2D eigenvalue weighted by atomic mass is 10.2. The van der Waals surface area contributed by atoms with Gasteiger partial charge in [-0.15, -0.1) is 5.10 Å². The fourth-order valence-corrected chi connectivity index (χ4v) is 1.26. The van der Waals surface area contributed by atoms with Crippen molar-refractivity contribution in [1.82, 2.24) is 15.2 Å². The molecule has 2 aromatic rings. The average Bonchev–Trinajstić information content (AvgIpc) is 2.86. The maximum absolute atomic E-state index is 12.2. The van der Waals surface area contributed by atoms with Crippen molar-refractivity contribution in [3.8, 4) is 5.75 Å². The van der Waals surface area contributed by atoms with Crippen molar-refractivity contribution in [2.45, 2.75) is 6.18 Å². The Labute approximate surface area is 106 Å². The fourth-order valence-electron chi connectivity index (χ4n) is 1.26. The highest BCUT2D eigenvalue weighted by atomic mass is 19.4. The molecule has 1 aromatic carbocycles.